The van der Waals surface area contributed by atoms with E-state index in [1.807, 2.05) is 18.7 Å². The summed E-state index contributed by atoms with van der Waals surface area (Å²) in [6.07, 6.45) is 11.2. The summed E-state index contributed by atoms with van der Waals surface area (Å²) in [5, 5.41) is 3.62. The molecule has 1 N–H and O–H groups in total. The quantitative estimate of drug-likeness (QED) is 0.892. The maximum atomic E-state index is 4.09. The smallest absolute Gasteiger partial charge is 0.0949 e. The van der Waals surface area contributed by atoms with Gasteiger partial charge in [-0.25, -0.2) is 4.98 Å². The van der Waals surface area contributed by atoms with Gasteiger partial charge in [0, 0.05) is 31.2 Å². The van der Waals surface area contributed by atoms with Crippen LogP contribution in [0.3, 0.4) is 0 Å². The molecule has 112 valence electrons. The van der Waals surface area contributed by atoms with Gasteiger partial charge in [-0.15, -0.1) is 0 Å². The molecular formula is C18H25N3. The minimum Gasteiger partial charge on any atom is -0.385 e. The van der Waals surface area contributed by atoms with Crippen LogP contribution in [0.15, 0.2) is 43.0 Å². The molecule has 0 bridgehead atoms. The Hall–Kier alpha value is -1.77. The lowest BCUT2D eigenvalue weighted by Gasteiger charge is -2.26. The van der Waals surface area contributed by atoms with Gasteiger partial charge in [-0.1, -0.05) is 31.9 Å². The fraction of sp³-hybridized carbons (Fsp3) is 0.500. The van der Waals surface area contributed by atoms with Crippen molar-refractivity contribution < 1.29 is 0 Å². The van der Waals surface area contributed by atoms with E-state index in [-0.39, 0.29) is 0 Å². The number of hydrogen-bond acceptors (Lipinski definition) is 2. The topological polar surface area (TPSA) is 29.9 Å². The number of anilines is 1. The van der Waals surface area contributed by atoms with Crippen LogP contribution in [0.1, 0.15) is 38.2 Å². The summed E-state index contributed by atoms with van der Waals surface area (Å²) in [6, 6.07) is 8.74. The zero-order chi connectivity index (χ0) is 14.5. The summed E-state index contributed by atoms with van der Waals surface area (Å²) >= 11 is 0. The largest absolute Gasteiger partial charge is 0.385 e. The molecule has 0 spiro atoms. The molecule has 2 aromatic rings. The monoisotopic (exact) mass is 283 g/mol. The molecule has 0 radical (unpaired) electrons. The van der Waals surface area contributed by atoms with E-state index in [0.29, 0.717) is 0 Å². The lowest BCUT2D eigenvalue weighted by molar-refractivity contribution is 0.300. The molecule has 0 amide bonds. The average Bonchev–Trinajstić information content (AvgIpc) is 3.00. The molecule has 3 rings (SSSR count). The summed E-state index contributed by atoms with van der Waals surface area (Å²) < 4.78 is 2.10. The van der Waals surface area contributed by atoms with Crippen LogP contribution < -0.4 is 5.32 Å². The third-order valence-electron chi connectivity index (χ3n) is 4.58. The van der Waals surface area contributed by atoms with Crippen molar-refractivity contribution in [1.29, 1.82) is 0 Å². The van der Waals surface area contributed by atoms with E-state index in [1.54, 1.807) is 0 Å². The number of rotatable bonds is 5. The van der Waals surface area contributed by atoms with Crippen LogP contribution in [0.2, 0.25) is 0 Å². The lowest BCUT2D eigenvalue weighted by atomic mass is 9.83. The van der Waals surface area contributed by atoms with Crippen molar-refractivity contribution in [2.45, 2.75) is 39.2 Å². The normalized spacial score (nSPS) is 22.1. The molecule has 1 fully saturated rings. The highest BCUT2D eigenvalue weighted by Gasteiger charge is 2.17. The standard InChI is InChI=1S/C18H25N3/c1-15-5-7-16(8-6-15)12-20-18-4-2-3-17(11-18)13-21-10-9-19-14-21/h2-4,9-11,14-16,20H,5-8,12-13H2,1H3. The van der Waals surface area contributed by atoms with Gasteiger partial charge >= 0.3 is 0 Å². The number of nitrogens with zero attached hydrogens (tertiary/aromatic N) is 2. The summed E-state index contributed by atoms with van der Waals surface area (Å²) in [6.45, 7) is 4.38. The number of hydrogen-bond donors (Lipinski definition) is 1. The van der Waals surface area contributed by atoms with E-state index < -0.39 is 0 Å². The first-order chi connectivity index (χ1) is 10.3. The number of benzene rings is 1. The number of aromatic nitrogens is 2. The molecule has 0 saturated heterocycles. The van der Waals surface area contributed by atoms with Crippen molar-refractivity contribution in [3.8, 4) is 0 Å². The van der Waals surface area contributed by atoms with E-state index in [0.717, 1.165) is 24.9 Å². The summed E-state index contributed by atoms with van der Waals surface area (Å²) in [7, 11) is 0. The molecule has 1 saturated carbocycles. The summed E-state index contributed by atoms with van der Waals surface area (Å²) in [5.41, 5.74) is 2.56. The molecule has 0 unspecified atom stereocenters. The molecular weight excluding hydrogens is 258 g/mol. The van der Waals surface area contributed by atoms with Gasteiger partial charge in [0.1, 0.15) is 0 Å². The Balaban J connectivity index is 1.53. The summed E-state index contributed by atoms with van der Waals surface area (Å²) in [5.74, 6) is 1.78. The highest BCUT2D eigenvalue weighted by molar-refractivity contribution is 5.45. The predicted molar refractivity (Wildman–Crippen MR) is 87.4 cm³/mol. The van der Waals surface area contributed by atoms with Gasteiger partial charge in [-0.2, -0.15) is 0 Å². The van der Waals surface area contributed by atoms with Gasteiger partial charge in [0.15, 0.2) is 0 Å². The van der Waals surface area contributed by atoms with Crippen LogP contribution >= 0.6 is 0 Å². The fourth-order valence-electron chi connectivity index (χ4n) is 3.17. The maximum absolute atomic E-state index is 4.09. The van der Waals surface area contributed by atoms with Crippen LogP contribution in [0.5, 0.6) is 0 Å². The highest BCUT2D eigenvalue weighted by atomic mass is 15.0. The van der Waals surface area contributed by atoms with Crippen LogP contribution in [-0.2, 0) is 6.54 Å². The van der Waals surface area contributed by atoms with Crippen molar-refractivity contribution in [1.82, 2.24) is 9.55 Å². The Labute approximate surface area is 127 Å². The third-order valence-corrected chi connectivity index (χ3v) is 4.58. The fourth-order valence-corrected chi connectivity index (χ4v) is 3.17. The number of imidazole rings is 1. The minimum absolute atomic E-state index is 0.846. The molecule has 3 heteroatoms. The SMILES string of the molecule is CC1CCC(CNc2cccc(Cn3ccnc3)c2)CC1. The van der Waals surface area contributed by atoms with Crippen molar-refractivity contribution in [3.05, 3.63) is 48.5 Å². The molecule has 1 heterocycles. The van der Waals surface area contributed by atoms with Gasteiger partial charge in [-0.05, 0) is 42.4 Å². The van der Waals surface area contributed by atoms with Gasteiger partial charge in [-0.3, -0.25) is 0 Å². The molecule has 0 atom stereocenters. The predicted octanol–water partition coefficient (Wildman–Crippen LogP) is 4.17. The molecule has 1 aliphatic rings. The Morgan fingerprint density at radius 1 is 1.24 bits per heavy atom. The van der Waals surface area contributed by atoms with E-state index in [2.05, 4.69) is 46.1 Å². The molecule has 1 aromatic heterocycles. The summed E-state index contributed by atoms with van der Waals surface area (Å²) in [4.78, 5) is 4.09. The zero-order valence-corrected chi connectivity index (χ0v) is 12.8. The Bertz CT molecular complexity index is 539. The van der Waals surface area contributed by atoms with Crippen LogP contribution in [0.4, 0.5) is 5.69 Å². The second-order valence-corrected chi connectivity index (χ2v) is 6.44. The highest BCUT2D eigenvalue weighted by Crippen LogP contribution is 2.28. The third kappa shape index (κ3) is 4.10. The molecule has 21 heavy (non-hydrogen) atoms. The first kappa shape index (κ1) is 14.2. The van der Waals surface area contributed by atoms with Crippen molar-refractivity contribution in [3.63, 3.8) is 0 Å². The van der Waals surface area contributed by atoms with Crippen molar-refractivity contribution in [2.24, 2.45) is 11.8 Å². The second kappa shape index (κ2) is 6.79. The van der Waals surface area contributed by atoms with E-state index in [1.165, 1.54) is 36.9 Å². The Morgan fingerprint density at radius 2 is 2.10 bits per heavy atom. The van der Waals surface area contributed by atoms with E-state index >= 15 is 0 Å². The van der Waals surface area contributed by atoms with E-state index in [4.69, 9.17) is 0 Å². The lowest BCUT2D eigenvalue weighted by Crippen LogP contribution is -2.20. The molecule has 3 nitrogen and oxygen atoms in total. The van der Waals surface area contributed by atoms with Gasteiger partial charge in [0.05, 0.1) is 6.33 Å². The second-order valence-electron chi connectivity index (χ2n) is 6.44. The Kier molecular flexibility index (Phi) is 4.59. The molecule has 1 aromatic carbocycles. The molecule has 0 aliphatic heterocycles. The van der Waals surface area contributed by atoms with Crippen molar-refractivity contribution in [2.75, 3.05) is 11.9 Å². The van der Waals surface area contributed by atoms with E-state index in [9.17, 15) is 0 Å². The van der Waals surface area contributed by atoms with Crippen LogP contribution in [0.25, 0.3) is 0 Å². The van der Waals surface area contributed by atoms with Crippen molar-refractivity contribution >= 4 is 5.69 Å². The Morgan fingerprint density at radius 3 is 2.86 bits per heavy atom. The van der Waals surface area contributed by atoms with Crippen LogP contribution in [-0.4, -0.2) is 16.1 Å². The van der Waals surface area contributed by atoms with Crippen LogP contribution in [0, 0.1) is 11.8 Å². The zero-order valence-electron chi connectivity index (χ0n) is 12.8. The minimum atomic E-state index is 0.846. The van der Waals surface area contributed by atoms with Gasteiger partial charge in [0.2, 0.25) is 0 Å². The first-order valence-corrected chi connectivity index (χ1v) is 8.08. The van der Waals surface area contributed by atoms with Gasteiger partial charge < -0.3 is 9.88 Å². The first-order valence-electron chi connectivity index (χ1n) is 8.08. The number of nitrogens with one attached hydrogen (secondary N) is 1. The maximum Gasteiger partial charge on any atom is 0.0949 e. The average molecular weight is 283 g/mol. The van der Waals surface area contributed by atoms with Gasteiger partial charge in [0.25, 0.3) is 0 Å². The molecule has 1 aliphatic carbocycles.